The predicted molar refractivity (Wildman–Crippen MR) is 75.6 cm³/mol. The summed E-state index contributed by atoms with van der Waals surface area (Å²) in [4.78, 5) is -1.46. The second kappa shape index (κ2) is 6.64. The van der Waals surface area contributed by atoms with Crippen molar-refractivity contribution in [2.75, 3.05) is 0 Å². The van der Waals surface area contributed by atoms with Crippen molar-refractivity contribution in [2.45, 2.75) is 22.1 Å². The highest BCUT2D eigenvalue weighted by molar-refractivity contribution is 7.91. The third-order valence-electron chi connectivity index (χ3n) is 2.94. The van der Waals surface area contributed by atoms with Gasteiger partial charge in [0.15, 0.2) is 0 Å². The van der Waals surface area contributed by atoms with Crippen LogP contribution >= 0.6 is 12.4 Å². The van der Waals surface area contributed by atoms with Gasteiger partial charge in [-0.25, -0.2) is 8.42 Å². The van der Waals surface area contributed by atoms with Crippen LogP contribution < -0.4 is 0 Å². The Hall–Kier alpha value is -1.74. The molecule has 2 aromatic rings. The Balaban J connectivity index is 0.00000288. The molecule has 0 aliphatic heterocycles. The zero-order valence-corrected chi connectivity index (χ0v) is 13.2. The van der Waals surface area contributed by atoms with Crippen molar-refractivity contribution in [1.29, 1.82) is 0 Å². The van der Waals surface area contributed by atoms with E-state index in [4.69, 9.17) is 0 Å². The van der Waals surface area contributed by atoms with Gasteiger partial charge in [-0.3, -0.25) is 0 Å². The molecule has 2 rings (SSSR count). The fourth-order valence-electron chi connectivity index (χ4n) is 1.82. The van der Waals surface area contributed by atoms with Crippen molar-refractivity contribution in [3.05, 3.63) is 59.7 Å². The summed E-state index contributed by atoms with van der Waals surface area (Å²) in [6, 6.07) is 5.66. The van der Waals surface area contributed by atoms with E-state index in [-0.39, 0.29) is 12.4 Å². The molecule has 0 aliphatic rings. The molecule has 0 heterocycles. The minimum absolute atomic E-state index is 0. The van der Waals surface area contributed by atoms with Gasteiger partial charge in [0.1, 0.15) is 0 Å². The molecular weight excluding hydrogens is 382 g/mol. The first-order valence-corrected chi connectivity index (χ1v) is 7.50. The summed E-state index contributed by atoms with van der Waals surface area (Å²) in [7, 11) is -4.50. The molecule has 0 radical (unpaired) electrons. The molecule has 0 saturated heterocycles. The van der Waals surface area contributed by atoms with Crippen molar-refractivity contribution >= 4 is 22.2 Å². The quantitative estimate of drug-likeness (QED) is 0.678. The van der Waals surface area contributed by atoms with E-state index in [1.54, 1.807) is 0 Å². The zero-order valence-electron chi connectivity index (χ0n) is 11.5. The maximum Gasteiger partial charge on any atom is 0.416 e. The van der Waals surface area contributed by atoms with E-state index in [9.17, 15) is 34.8 Å². The molecule has 0 aromatic heterocycles. The van der Waals surface area contributed by atoms with E-state index < -0.39 is 43.1 Å². The van der Waals surface area contributed by atoms with Crippen LogP contribution in [0.5, 0.6) is 0 Å². The fraction of sp³-hybridized carbons (Fsp3) is 0.143. The molecule has 24 heavy (non-hydrogen) atoms. The number of sulfone groups is 1. The number of benzene rings is 2. The Labute approximate surface area is 139 Å². The largest absolute Gasteiger partial charge is 0.416 e. The lowest BCUT2D eigenvalue weighted by molar-refractivity contribution is -0.138. The normalized spacial score (nSPS) is 12.6. The molecule has 0 bridgehead atoms. The molecule has 0 saturated carbocycles. The number of hydrogen-bond donors (Lipinski definition) is 0. The molecule has 0 atom stereocenters. The first-order chi connectivity index (χ1) is 10.4. The van der Waals surface area contributed by atoms with Crippen LogP contribution in [-0.2, 0) is 22.2 Å². The molecule has 0 unspecified atom stereocenters. The molecule has 132 valence electrons. The Kier molecular flexibility index (Phi) is 5.62. The monoisotopic (exact) mass is 390 g/mol. The Morgan fingerprint density at radius 1 is 0.667 bits per heavy atom. The molecule has 10 heteroatoms. The van der Waals surface area contributed by atoms with Gasteiger partial charge in [0.25, 0.3) is 0 Å². The van der Waals surface area contributed by atoms with Crippen molar-refractivity contribution in [1.82, 2.24) is 0 Å². The van der Waals surface area contributed by atoms with Crippen molar-refractivity contribution < 1.29 is 34.8 Å². The lowest BCUT2D eigenvalue weighted by atomic mass is 10.2. The second-order valence-electron chi connectivity index (χ2n) is 4.55. The van der Waals surface area contributed by atoms with E-state index >= 15 is 0 Å². The third kappa shape index (κ3) is 4.21. The Morgan fingerprint density at radius 2 is 1.00 bits per heavy atom. The van der Waals surface area contributed by atoms with Gasteiger partial charge < -0.3 is 0 Å². The standard InChI is InChI=1S/C14H8F6O2S.ClH/c15-13(16,17)9-3-1-5-11(7-9)23(21,22)12-6-2-4-10(8-12)14(18,19)20;/h1-8H;1H. The van der Waals surface area contributed by atoms with Crippen LogP contribution in [0.4, 0.5) is 26.3 Å². The van der Waals surface area contributed by atoms with Gasteiger partial charge in [0.2, 0.25) is 9.84 Å². The van der Waals surface area contributed by atoms with Crippen LogP contribution in [-0.4, -0.2) is 8.42 Å². The molecule has 0 N–H and O–H groups in total. The molecule has 0 spiro atoms. The van der Waals surface area contributed by atoms with Crippen molar-refractivity contribution in [2.24, 2.45) is 0 Å². The highest BCUT2D eigenvalue weighted by Crippen LogP contribution is 2.34. The van der Waals surface area contributed by atoms with Gasteiger partial charge in [-0.1, -0.05) is 12.1 Å². The molecule has 2 aromatic carbocycles. The first kappa shape index (κ1) is 20.3. The average Bonchev–Trinajstić information content (AvgIpc) is 2.46. The lowest BCUT2D eigenvalue weighted by Crippen LogP contribution is -2.10. The van der Waals surface area contributed by atoms with Crippen LogP contribution in [0, 0.1) is 0 Å². The predicted octanol–water partition coefficient (Wildman–Crippen LogP) is 4.98. The van der Waals surface area contributed by atoms with Gasteiger partial charge in [-0.2, -0.15) is 26.3 Å². The highest BCUT2D eigenvalue weighted by atomic mass is 35.5. The van der Waals surface area contributed by atoms with Crippen molar-refractivity contribution in [3.8, 4) is 0 Å². The highest BCUT2D eigenvalue weighted by Gasteiger charge is 2.34. The Morgan fingerprint density at radius 3 is 1.29 bits per heavy atom. The zero-order chi connectivity index (χ0) is 17.5. The SMILES string of the molecule is Cl.O=S(=O)(c1cccc(C(F)(F)F)c1)c1cccc(C(F)(F)F)c1. The molecule has 2 nitrogen and oxygen atoms in total. The number of halogens is 7. The maximum atomic E-state index is 12.6. The topological polar surface area (TPSA) is 34.1 Å². The van der Waals surface area contributed by atoms with E-state index in [0.29, 0.717) is 24.3 Å². The van der Waals surface area contributed by atoms with E-state index in [0.717, 1.165) is 24.3 Å². The van der Waals surface area contributed by atoms with Gasteiger partial charge >= 0.3 is 12.4 Å². The number of rotatable bonds is 2. The van der Waals surface area contributed by atoms with Gasteiger partial charge in [0, 0.05) is 0 Å². The lowest BCUT2D eigenvalue weighted by Gasteiger charge is -2.11. The van der Waals surface area contributed by atoms with Crippen LogP contribution in [0.3, 0.4) is 0 Å². The minimum atomic E-state index is -4.76. The van der Waals surface area contributed by atoms with E-state index in [1.807, 2.05) is 0 Å². The van der Waals surface area contributed by atoms with Crippen LogP contribution in [0.1, 0.15) is 11.1 Å². The van der Waals surface area contributed by atoms with Gasteiger partial charge in [0.05, 0.1) is 20.9 Å². The summed E-state index contributed by atoms with van der Waals surface area (Å²) in [5.41, 5.74) is -2.41. The molecule has 0 aliphatic carbocycles. The number of alkyl halides is 6. The minimum Gasteiger partial charge on any atom is -0.219 e. The summed E-state index contributed by atoms with van der Waals surface area (Å²) in [6.07, 6.45) is -9.53. The molecule has 0 fully saturated rings. The van der Waals surface area contributed by atoms with Gasteiger partial charge in [-0.15, -0.1) is 12.4 Å². The van der Waals surface area contributed by atoms with E-state index in [2.05, 4.69) is 0 Å². The van der Waals surface area contributed by atoms with Crippen molar-refractivity contribution in [3.63, 3.8) is 0 Å². The molecule has 0 amide bonds. The summed E-state index contributed by atoms with van der Waals surface area (Å²) in [6.45, 7) is 0. The van der Waals surface area contributed by atoms with Crippen LogP contribution in [0.15, 0.2) is 58.3 Å². The third-order valence-corrected chi connectivity index (χ3v) is 4.69. The smallest absolute Gasteiger partial charge is 0.219 e. The first-order valence-electron chi connectivity index (χ1n) is 6.02. The fourth-order valence-corrected chi connectivity index (χ4v) is 3.17. The van der Waals surface area contributed by atoms with E-state index in [1.165, 1.54) is 0 Å². The maximum absolute atomic E-state index is 12.6. The van der Waals surface area contributed by atoms with Crippen LogP contribution in [0.2, 0.25) is 0 Å². The summed E-state index contributed by atoms with van der Waals surface area (Å²) < 4.78 is 100. The summed E-state index contributed by atoms with van der Waals surface area (Å²) in [5.74, 6) is 0. The summed E-state index contributed by atoms with van der Waals surface area (Å²) in [5, 5.41) is 0. The average molecular weight is 391 g/mol. The molecular formula is C14H9ClF6O2S. The summed E-state index contributed by atoms with van der Waals surface area (Å²) >= 11 is 0. The Bertz CT molecular complexity index is 764. The van der Waals surface area contributed by atoms with Crippen LogP contribution in [0.25, 0.3) is 0 Å². The number of hydrogen-bond acceptors (Lipinski definition) is 2. The second-order valence-corrected chi connectivity index (χ2v) is 6.50. The van der Waals surface area contributed by atoms with Gasteiger partial charge in [-0.05, 0) is 36.4 Å².